The summed E-state index contributed by atoms with van der Waals surface area (Å²) in [4.78, 5) is 41.6. The molecule has 0 radical (unpaired) electrons. The van der Waals surface area contributed by atoms with E-state index < -0.39 is 24.7 Å². The van der Waals surface area contributed by atoms with Crippen LogP contribution < -0.4 is 10.1 Å². The van der Waals surface area contributed by atoms with E-state index in [4.69, 9.17) is 9.47 Å². The average molecular weight is 526 g/mol. The van der Waals surface area contributed by atoms with E-state index in [1.54, 1.807) is 0 Å². The van der Waals surface area contributed by atoms with E-state index in [9.17, 15) is 14.4 Å². The van der Waals surface area contributed by atoms with Gasteiger partial charge in [-0.25, -0.2) is 9.59 Å². The zero-order valence-electron chi connectivity index (χ0n) is 22.9. The van der Waals surface area contributed by atoms with Crippen molar-refractivity contribution in [3.63, 3.8) is 0 Å². The molecule has 1 atom stereocenters. The highest BCUT2D eigenvalue weighted by atomic mass is 16.6. The summed E-state index contributed by atoms with van der Waals surface area (Å²) in [6.45, 7) is 9.77. The number of nitrogens with one attached hydrogen (secondary N) is 1. The summed E-state index contributed by atoms with van der Waals surface area (Å²) in [5.74, 6) is -0.274. The first-order valence-corrected chi connectivity index (χ1v) is 13.0. The zero-order valence-corrected chi connectivity index (χ0v) is 22.9. The van der Waals surface area contributed by atoms with Crippen molar-refractivity contribution in [2.24, 2.45) is 0 Å². The summed E-state index contributed by atoms with van der Waals surface area (Å²) >= 11 is 0. The Balaban J connectivity index is 1.77. The summed E-state index contributed by atoms with van der Waals surface area (Å²) in [5.41, 5.74) is 2.69. The highest BCUT2D eigenvalue weighted by Crippen LogP contribution is 2.33. The molecule has 9 nitrogen and oxygen atoms in total. The molecule has 1 aliphatic heterocycles. The second kappa shape index (κ2) is 13.8. The Labute approximate surface area is 225 Å². The number of rotatable bonds is 11. The minimum absolute atomic E-state index is 0.261. The number of nitrogens with zero attached hydrogens (tertiary/aromatic N) is 2. The lowest BCUT2D eigenvalue weighted by molar-refractivity contribution is -0.144. The Hall–Kier alpha value is -3.59. The number of amides is 2. The molecule has 0 bridgehead atoms. The van der Waals surface area contributed by atoms with E-state index >= 15 is 0 Å². The Morgan fingerprint density at radius 3 is 2.42 bits per heavy atom. The van der Waals surface area contributed by atoms with Crippen LogP contribution in [-0.4, -0.2) is 73.2 Å². The first kappa shape index (κ1) is 29.0. The van der Waals surface area contributed by atoms with Crippen LogP contribution in [0.25, 0.3) is 0 Å². The minimum Gasteiger partial charge on any atom is -0.489 e. The standard InChI is InChI=1S/C29H39N3O6/c1-20(2)31(21(3)4)16-14-30-28(34)27-25-12-11-24(37-18-22-9-7-6-8-10-22)17-23(25)13-15-32(27)29(35)38-19-26(33)36-5/h6-12,17,20-21,27H,13-16,18-19H2,1-5H3,(H,30,34). The number of esters is 1. The number of fused-ring (bicyclic) bond motifs is 1. The summed E-state index contributed by atoms with van der Waals surface area (Å²) in [7, 11) is 1.22. The second-order valence-electron chi connectivity index (χ2n) is 9.83. The van der Waals surface area contributed by atoms with Gasteiger partial charge in [0.25, 0.3) is 0 Å². The fraction of sp³-hybridized carbons (Fsp3) is 0.483. The third-order valence-corrected chi connectivity index (χ3v) is 6.61. The van der Waals surface area contributed by atoms with Gasteiger partial charge in [0.05, 0.1) is 7.11 Å². The third kappa shape index (κ3) is 7.71. The molecule has 0 fully saturated rings. The van der Waals surface area contributed by atoms with Crippen LogP contribution in [0.2, 0.25) is 0 Å². The highest BCUT2D eigenvalue weighted by Gasteiger charge is 2.37. The summed E-state index contributed by atoms with van der Waals surface area (Å²) in [6, 6.07) is 15.2. The molecule has 0 spiro atoms. The Morgan fingerprint density at radius 2 is 1.76 bits per heavy atom. The number of ether oxygens (including phenoxy) is 3. The Morgan fingerprint density at radius 1 is 1.05 bits per heavy atom. The first-order valence-electron chi connectivity index (χ1n) is 13.0. The van der Waals surface area contributed by atoms with Gasteiger partial charge in [-0.15, -0.1) is 0 Å². The van der Waals surface area contributed by atoms with E-state index in [1.165, 1.54) is 12.0 Å². The molecule has 38 heavy (non-hydrogen) atoms. The molecule has 1 aliphatic rings. The van der Waals surface area contributed by atoms with Crippen LogP contribution in [0.15, 0.2) is 48.5 Å². The highest BCUT2D eigenvalue weighted by molar-refractivity contribution is 5.88. The summed E-state index contributed by atoms with van der Waals surface area (Å²) in [5, 5.41) is 3.00. The minimum atomic E-state index is -0.890. The van der Waals surface area contributed by atoms with Crippen molar-refractivity contribution in [1.82, 2.24) is 15.1 Å². The van der Waals surface area contributed by atoms with Gasteiger partial charge in [0, 0.05) is 31.7 Å². The Bertz CT molecular complexity index is 1080. The number of hydrogen-bond acceptors (Lipinski definition) is 7. The number of carbonyl (C=O) groups is 3. The van der Waals surface area contributed by atoms with Gasteiger partial charge < -0.3 is 19.5 Å². The van der Waals surface area contributed by atoms with Crippen molar-refractivity contribution in [2.45, 2.75) is 58.8 Å². The number of methoxy groups -OCH3 is 1. The lowest BCUT2D eigenvalue weighted by Gasteiger charge is -2.36. The maximum Gasteiger partial charge on any atom is 0.411 e. The molecule has 1 unspecified atom stereocenters. The van der Waals surface area contributed by atoms with Crippen molar-refractivity contribution in [1.29, 1.82) is 0 Å². The predicted octanol–water partition coefficient (Wildman–Crippen LogP) is 3.71. The van der Waals surface area contributed by atoms with Crippen molar-refractivity contribution >= 4 is 18.0 Å². The van der Waals surface area contributed by atoms with Gasteiger partial charge >= 0.3 is 12.1 Å². The Kier molecular flexibility index (Phi) is 10.5. The van der Waals surface area contributed by atoms with Crippen LogP contribution in [0.5, 0.6) is 5.75 Å². The molecular weight excluding hydrogens is 486 g/mol. The van der Waals surface area contributed by atoms with Crippen molar-refractivity contribution in [3.05, 3.63) is 65.2 Å². The molecular formula is C29H39N3O6. The first-order chi connectivity index (χ1) is 18.2. The SMILES string of the molecule is COC(=O)COC(=O)N1CCc2cc(OCc3ccccc3)ccc2C1C(=O)NCCN(C(C)C)C(C)C. The molecule has 2 aromatic rings. The van der Waals surface area contributed by atoms with Crippen LogP contribution in [0.1, 0.15) is 50.4 Å². The van der Waals surface area contributed by atoms with Crippen LogP contribution in [0.3, 0.4) is 0 Å². The van der Waals surface area contributed by atoms with Crippen molar-refractivity contribution in [3.8, 4) is 5.75 Å². The van der Waals surface area contributed by atoms with Gasteiger partial charge in [0.2, 0.25) is 5.91 Å². The van der Waals surface area contributed by atoms with E-state index in [0.717, 1.165) is 11.1 Å². The maximum absolute atomic E-state index is 13.5. The predicted molar refractivity (Wildman–Crippen MR) is 144 cm³/mol. The van der Waals surface area contributed by atoms with Crippen LogP contribution in [-0.2, 0) is 32.1 Å². The molecule has 3 rings (SSSR count). The van der Waals surface area contributed by atoms with Crippen molar-refractivity contribution in [2.75, 3.05) is 33.4 Å². The third-order valence-electron chi connectivity index (χ3n) is 6.61. The molecule has 1 heterocycles. The molecule has 1 N–H and O–H groups in total. The van der Waals surface area contributed by atoms with E-state index in [1.807, 2.05) is 48.5 Å². The lowest BCUT2D eigenvalue weighted by atomic mass is 9.92. The molecule has 9 heteroatoms. The average Bonchev–Trinajstić information content (AvgIpc) is 2.91. The largest absolute Gasteiger partial charge is 0.489 e. The quantitative estimate of drug-likeness (QED) is 0.447. The van der Waals surface area contributed by atoms with E-state index in [0.29, 0.717) is 49.5 Å². The topological polar surface area (TPSA) is 97.4 Å². The molecule has 0 saturated carbocycles. The molecule has 2 aromatic carbocycles. The summed E-state index contributed by atoms with van der Waals surface area (Å²) in [6.07, 6.45) is -0.222. The zero-order chi connectivity index (χ0) is 27.7. The van der Waals surface area contributed by atoms with E-state index in [2.05, 4.69) is 42.6 Å². The molecule has 0 aromatic heterocycles. The van der Waals surface area contributed by atoms with Gasteiger partial charge in [0.1, 0.15) is 18.4 Å². The smallest absolute Gasteiger partial charge is 0.411 e. The molecule has 2 amide bonds. The van der Waals surface area contributed by atoms with Crippen LogP contribution >= 0.6 is 0 Å². The number of hydrogen-bond donors (Lipinski definition) is 1. The van der Waals surface area contributed by atoms with Crippen molar-refractivity contribution < 1.29 is 28.6 Å². The monoisotopic (exact) mass is 525 g/mol. The van der Waals surface area contributed by atoms with Crippen LogP contribution in [0.4, 0.5) is 4.79 Å². The van der Waals surface area contributed by atoms with Gasteiger partial charge in [-0.3, -0.25) is 14.6 Å². The van der Waals surface area contributed by atoms with Crippen LogP contribution in [0, 0.1) is 0 Å². The lowest BCUT2D eigenvalue weighted by Crippen LogP contribution is -2.49. The van der Waals surface area contributed by atoms with Gasteiger partial charge in [-0.2, -0.15) is 0 Å². The number of benzene rings is 2. The van der Waals surface area contributed by atoms with Gasteiger partial charge in [-0.05, 0) is 62.9 Å². The molecule has 0 saturated heterocycles. The van der Waals surface area contributed by atoms with Gasteiger partial charge in [0.15, 0.2) is 6.61 Å². The number of carbonyl (C=O) groups excluding carboxylic acids is 3. The normalized spacial score (nSPS) is 14.8. The fourth-order valence-electron chi connectivity index (χ4n) is 4.69. The van der Waals surface area contributed by atoms with Gasteiger partial charge in [-0.1, -0.05) is 36.4 Å². The van der Waals surface area contributed by atoms with E-state index in [-0.39, 0.29) is 12.5 Å². The fourth-order valence-corrected chi connectivity index (χ4v) is 4.69. The molecule has 206 valence electrons. The molecule has 0 aliphatic carbocycles. The second-order valence-corrected chi connectivity index (χ2v) is 9.83. The maximum atomic E-state index is 13.5. The summed E-state index contributed by atoms with van der Waals surface area (Å²) < 4.78 is 15.7.